The molecule has 1 aromatic heterocycles. The van der Waals surface area contributed by atoms with Crippen molar-refractivity contribution in [1.29, 1.82) is 0 Å². The Balaban J connectivity index is 1.66. The molecule has 0 radical (unpaired) electrons. The van der Waals surface area contributed by atoms with Crippen molar-refractivity contribution >= 4 is 17.8 Å². The maximum atomic E-state index is 12.8. The molecule has 2 aliphatic rings. The second-order valence-electron chi connectivity index (χ2n) is 6.80. The van der Waals surface area contributed by atoms with Gasteiger partial charge in [-0.05, 0) is 26.2 Å². The van der Waals surface area contributed by atoms with Crippen molar-refractivity contribution in [2.45, 2.75) is 38.1 Å². The quantitative estimate of drug-likeness (QED) is 0.857. The van der Waals surface area contributed by atoms with Crippen molar-refractivity contribution in [3.63, 3.8) is 0 Å². The van der Waals surface area contributed by atoms with E-state index < -0.39 is 11.5 Å². The van der Waals surface area contributed by atoms with Crippen molar-refractivity contribution < 1.29 is 19.5 Å². The maximum absolute atomic E-state index is 12.8. The van der Waals surface area contributed by atoms with Crippen LogP contribution in [0.3, 0.4) is 0 Å². The molecule has 2 saturated heterocycles. The number of imidazole rings is 1. The Bertz CT molecular complexity index is 650. The molecule has 0 bridgehead atoms. The van der Waals surface area contributed by atoms with Gasteiger partial charge in [0.15, 0.2) is 0 Å². The molecule has 0 spiro atoms. The minimum absolute atomic E-state index is 0.0376. The van der Waals surface area contributed by atoms with E-state index in [4.69, 9.17) is 0 Å². The van der Waals surface area contributed by atoms with Crippen LogP contribution in [0.15, 0.2) is 18.7 Å². The first-order valence-corrected chi connectivity index (χ1v) is 8.76. The lowest BCUT2D eigenvalue weighted by molar-refractivity contribution is -0.154. The van der Waals surface area contributed by atoms with Crippen LogP contribution in [0.5, 0.6) is 0 Å². The van der Waals surface area contributed by atoms with Crippen molar-refractivity contribution in [1.82, 2.24) is 19.4 Å². The lowest BCUT2D eigenvalue weighted by Gasteiger charge is -2.41. The third-order valence-electron chi connectivity index (χ3n) is 5.53. The lowest BCUT2D eigenvalue weighted by Crippen LogP contribution is -2.54. The first kappa shape index (κ1) is 17.4. The van der Waals surface area contributed by atoms with Crippen LogP contribution in [0.1, 0.15) is 32.6 Å². The van der Waals surface area contributed by atoms with E-state index in [-0.39, 0.29) is 17.7 Å². The standard InChI is InChI=1S/C17H24N4O4/c1-2-19-11-13(3-4-14(19)22)15(23)20-8-5-17(6-9-20,16(24)25)21-10-7-18-12-21/h7,10,12-13H,2-6,8-9,11H2,1H3,(H,24,25). The van der Waals surface area contributed by atoms with Crippen LogP contribution < -0.4 is 0 Å². The summed E-state index contributed by atoms with van der Waals surface area (Å²) in [5.74, 6) is -0.924. The van der Waals surface area contributed by atoms with Gasteiger partial charge in [0.25, 0.3) is 0 Å². The Kier molecular flexibility index (Phi) is 4.78. The summed E-state index contributed by atoms with van der Waals surface area (Å²) < 4.78 is 1.63. The minimum Gasteiger partial charge on any atom is -0.479 e. The fraction of sp³-hybridized carbons (Fsp3) is 0.647. The molecule has 3 rings (SSSR count). The zero-order chi connectivity index (χ0) is 18.0. The zero-order valence-corrected chi connectivity index (χ0v) is 14.4. The van der Waals surface area contributed by atoms with Crippen LogP contribution in [-0.4, -0.2) is 68.4 Å². The molecule has 1 N–H and O–H groups in total. The van der Waals surface area contributed by atoms with Crippen molar-refractivity contribution in [2.24, 2.45) is 5.92 Å². The molecule has 1 aromatic rings. The largest absolute Gasteiger partial charge is 0.479 e. The van der Waals surface area contributed by atoms with Gasteiger partial charge in [-0.15, -0.1) is 0 Å². The van der Waals surface area contributed by atoms with Crippen LogP contribution in [0.4, 0.5) is 0 Å². The molecule has 0 saturated carbocycles. The smallest absolute Gasteiger partial charge is 0.330 e. The van der Waals surface area contributed by atoms with E-state index in [1.807, 2.05) is 6.92 Å². The van der Waals surface area contributed by atoms with Gasteiger partial charge in [0.2, 0.25) is 11.8 Å². The number of amides is 2. The summed E-state index contributed by atoms with van der Waals surface area (Å²) in [5.41, 5.74) is -1.04. The highest BCUT2D eigenvalue weighted by Gasteiger charge is 2.45. The van der Waals surface area contributed by atoms with Gasteiger partial charge in [0.1, 0.15) is 5.54 Å². The van der Waals surface area contributed by atoms with Crippen LogP contribution in [-0.2, 0) is 19.9 Å². The summed E-state index contributed by atoms with van der Waals surface area (Å²) in [6, 6.07) is 0. The number of carbonyl (C=O) groups excluding carboxylic acids is 2. The van der Waals surface area contributed by atoms with E-state index in [1.54, 1.807) is 26.8 Å². The molecule has 8 nitrogen and oxygen atoms in total. The van der Waals surface area contributed by atoms with Gasteiger partial charge < -0.3 is 19.5 Å². The molecule has 2 fully saturated rings. The van der Waals surface area contributed by atoms with E-state index in [1.165, 1.54) is 6.33 Å². The Morgan fingerprint density at radius 1 is 1.36 bits per heavy atom. The monoisotopic (exact) mass is 348 g/mol. The first-order valence-electron chi connectivity index (χ1n) is 8.76. The van der Waals surface area contributed by atoms with Gasteiger partial charge in [-0.1, -0.05) is 0 Å². The van der Waals surface area contributed by atoms with Crippen LogP contribution in [0.2, 0.25) is 0 Å². The average molecular weight is 348 g/mol. The number of hydrogen-bond acceptors (Lipinski definition) is 4. The molecular formula is C17H24N4O4. The topological polar surface area (TPSA) is 95.7 Å². The normalized spacial score (nSPS) is 23.6. The molecule has 0 aliphatic carbocycles. The van der Waals surface area contributed by atoms with Gasteiger partial charge in [0.05, 0.1) is 12.2 Å². The second-order valence-corrected chi connectivity index (χ2v) is 6.80. The highest BCUT2D eigenvalue weighted by Crippen LogP contribution is 2.32. The second kappa shape index (κ2) is 6.85. The summed E-state index contributed by atoms with van der Waals surface area (Å²) in [4.78, 5) is 43.9. The number of likely N-dealkylation sites (tertiary alicyclic amines) is 2. The number of aliphatic carboxylic acids is 1. The molecule has 2 aliphatic heterocycles. The fourth-order valence-corrected chi connectivity index (χ4v) is 3.87. The summed E-state index contributed by atoms with van der Waals surface area (Å²) >= 11 is 0. The zero-order valence-electron chi connectivity index (χ0n) is 14.4. The summed E-state index contributed by atoms with van der Waals surface area (Å²) in [6.45, 7) is 3.80. The highest BCUT2D eigenvalue weighted by atomic mass is 16.4. The number of carbonyl (C=O) groups is 3. The van der Waals surface area contributed by atoms with E-state index in [9.17, 15) is 19.5 Å². The molecule has 2 amide bonds. The lowest BCUT2D eigenvalue weighted by atomic mass is 9.86. The summed E-state index contributed by atoms with van der Waals surface area (Å²) in [6.07, 6.45) is 6.46. The molecular weight excluding hydrogens is 324 g/mol. The van der Waals surface area contributed by atoms with E-state index >= 15 is 0 Å². The van der Waals surface area contributed by atoms with Gasteiger partial charge in [-0.2, -0.15) is 0 Å². The fourth-order valence-electron chi connectivity index (χ4n) is 3.87. The molecule has 3 heterocycles. The Morgan fingerprint density at radius 3 is 2.64 bits per heavy atom. The third kappa shape index (κ3) is 3.12. The molecule has 136 valence electrons. The number of hydrogen-bond donors (Lipinski definition) is 1. The first-order chi connectivity index (χ1) is 12.0. The van der Waals surface area contributed by atoms with E-state index in [2.05, 4.69) is 4.98 Å². The Labute approximate surface area is 146 Å². The van der Waals surface area contributed by atoms with Gasteiger partial charge in [0, 0.05) is 45.0 Å². The van der Waals surface area contributed by atoms with Crippen LogP contribution >= 0.6 is 0 Å². The van der Waals surface area contributed by atoms with Crippen molar-refractivity contribution in [2.75, 3.05) is 26.2 Å². The Hall–Kier alpha value is -2.38. The number of piperidine rings is 2. The van der Waals surface area contributed by atoms with Crippen LogP contribution in [0.25, 0.3) is 0 Å². The number of rotatable bonds is 4. The molecule has 1 unspecified atom stereocenters. The number of carboxylic acids is 1. The number of carboxylic acid groups (broad SMARTS) is 1. The average Bonchev–Trinajstić information content (AvgIpc) is 3.16. The van der Waals surface area contributed by atoms with Crippen molar-refractivity contribution in [3.8, 4) is 0 Å². The molecule has 25 heavy (non-hydrogen) atoms. The number of aromatic nitrogens is 2. The van der Waals surface area contributed by atoms with Crippen molar-refractivity contribution in [3.05, 3.63) is 18.7 Å². The summed E-state index contributed by atoms with van der Waals surface area (Å²) in [5, 5.41) is 9.73. The molecule has 1 atom stereocenters. The molecule has 8 heteroatoms. The number of nitrogens with zero attached hydrogens (tertiary/aromatic N) is 4. The van der Waals surface area contributed by atoms with Gasteiger partial charge in [-0.3, -0.25) is 9.59 Å². The Morgan fingerprint density at radius 2 is 2.08 bits per heavy atom. The molecule has 0 aromatic carbocycles. The predicted molar refractivity (Wildman–Crippen MR) is 88.6 cm³/mol. The van der Waals surface area contributed by atoms with E-state index in [0.717, 1.165) is 0 Å². The minimum atomic E-state index is -1.04. The van der Waals surface area contributed by atoms with Gasteiger partial charge >= 0.3 is 5.97 Å². The summed E-state index contributed by atoms with van der Waals surface area (Å²) in [7, 11) is 0. The van der Waals surface area contributed by atoms with Gasteiger partial charge in [-0.25, -0.2) is 9.78 Å². The van der Waals surface area contributed by atoms with Crippen LogP contribution in [0, 0.1) is 5.92 Å². The van der Waals surface area contributed by atoms with E-state index in [0.29, 0.717) is 51.9 Å². The SMILES string of the molecule is CCN1CC(C(=O)N2CCC(C(=O)O)(n3ccnc3)CC2)CCC1=O. The highest BCUT2D eigenvalue weighted by molar-refractivity contribution is 5.84. The maximum Gasteiger partial charge on any atom is 0.330 e. The predicted octanol–water partition coefficient (Wildman–Crippen LogP) is 0.544. The third-order valence-corrected chi connectivity index (χ3v) is 5.53.